The third-order valence-corrected chi connectivity index (χ3v) is 1.85. The van der Waals surface area contributed by atoms with Crippen molar-refractivity contribution in [2.75, 3.05) is 13.1 Å². The molecule has 0 radical (unpaired) electrons. The molecule has 0 atom stereocenters. The number of amides is 2. The summed E-state index contributed by atoms with van der Waals surface area (Å²) >= 11 is 0. The Labute approximate surface area is 98.6 Å². The van der Waals surface area contributed by atoms with Gasteiger partial charge < -0.3 is 10.6 Å². The average molecular weight is 264 g/mol. The highest BCUT2D eigenvalue weighted by atomic mass is 32.3. The molecule has 0 aliphatic carbocycles. The second kappa shape index (κ2) is 7.28. The molecule has 0 saturated heterocycles. The summed E-state index contributed by atoms with van der Waals surface area (Å²) < 4.78 is 29.6. The minimum Gasteiger partial charge on any atom is -0.317 e. The van der Waals surface area contributed by atoms with E-state index in [1.54, 1.807) is 0 Å². The summed E-state index contributed by atoms with van der Waals surface area (Å²) in [6.07, 6.45) is 0.0692. The van der Waals surface area contributed by atoms with Crippen molar-refractivity contribution in [2.24, 2.45) is 0 Å². The van der Waals surface area contributed by atoms with E-state index in [9.17, 15) is 18.0 Å². The molecule has 0 aromatic rings. The zero-order chi connectivity index (χ0) is 13.3. The van der Waals surface area contributed by atoms with Crippen LogP contribution in [0.2, 0.25) is 0 Å². The maximum absolute atomic E-state index is 11.0. The lowest BCUT2D eigenvalue weighted by atomic mass is 10.6. The third kappa shape index (κ3) is 7.85. The van der Waals surface area contributed by atoms with Crippen LogP contribution in [0.1, 0.15) is 0 Å². The van der Waals surface area contributed by atoms with E-state index in [2.05, 4.69) is 21.5 Å². The van der Waals surface area contributed by atoms with Gasteiger partial charge in [0.05, 0.1) is 0 Å². The molecule has 8 nitrogen and oxygen atoms in total. The summed E-state index contributed by atoms with van der Waals surface area (Å²) in [5, 5.41) is 4.04. The van der Waals surface area contributed by atoms with E-state index in [0.717, 1.165) is 0 Å². The van der Waals surface area contributed by atoms with Gasteiger partial charge in [0.2, 0.25) is 0 Å². The molecule has 0 aliphatic heterocycles. The fourth-order valence-corrected chi connectivity index (χ4v) is 1.09. The largest absolute Gasteiger partial charge is 0.508 e. The van der Waals surface area contributed by atoms with E-state index in [0.29, 0.717) is 0 Å². The van der Waals surface area contributed by atoms with Crippen molar-refractivity contribution < 1.29 is 26.4 Å². The fourth-order valence-electron chi connectivity index (χ4n) is 0.572. The topological polar surface area (TPSA) is 111 Å². The minimum atomic E-state index is -4.73. The first kappa shape index (κ1) is 15.0. The molecule has 0 bridgehead atoms. The first-order valence-electron chi connectivity index (χ1n) is 4.32. The van der Waals surface area contributed by atoms with E-state index < -0.39 is 22.6 Å². The molecule has 96 valence electrons. The Morgan fingerprint density at radius 3 is 1.65 bits per heavy atom. The summed E-state index contributed by atoms with van der Waals surface area (Å²) in [4.78, 5) is 21.6. The molecule has 0 heterocycles. The summed E-state index contributed by atoms with van der Waals surface area (Å²) in [6.45, 7) is 6.60. The van der Waals surface area contributed by atoms with Crippen molar-refractivity contribution in [3.8, 4) is 0 Å². The number of carbonyl (C=O) groups is 2. The van der Waals surface area contributed by atoms with Crippen molar-refractivity contribution in [1.29, 1.82) is 0 Å². The smallest absolute Gasteiger partial charge is 0.317 e. The Kier molecular flexibility index (Phi) is 6.41. The van der Waals surface area contributed by atoms with Gasteiger partial charge >= 0.3 is 22.6 Å². The van der Waals surface area contributed by atoms with Crippen LogP contribution in [-0.4, -0.2) is 33.7 Å². The Morgan fingerprint density at radius 2 is 1.35 bits per heavy atom. The Bertz CT molecular complexity index is 370. The first-order chi connectivity index (χ1) is 7.91. The van der Waals surface area contributed by atoms with Crippen LogP contribution < -0.4 is 10.6 Å². The molecule has 0 fully saturated rings. The molecule has 17 heavy (non-hydrogen) atoms. The lowest BCUT2D eigenvalue weighted by molar-refractivity contribution is 0.180. The second-order valence-electron chi connectivity index (χ2n) is 2.49. The van der Waals surface area contributed by atoms with Gasteiger partial charge in [-0.15, -0.1) is 21.6 Å². The minimum absolute atomic E-state index is 0.0109. The highest BCUT2D eigenvalue weighted by Crippen LogP contribution is 1.97. The number of hydrogen-bond acceptors (Lipinski definition) is 6. The summed E-state index contributed by atoms with van der Waals surface area (Å²) in [5.74, 6) is 0. The third-order valence-electron chi connectivity index (χ3n) is 1.14. The molecule has 0 unspecified atom stereocenters. The molecule has 2 N–H and O–H groups in total. The average Bonchev–Trinajstić information content (AvgIpc) is 2.22. The molecular formula is C8H12N2O6S. The standard InChI is InChI=1S/C8H12N2O6S/c1-3-5-9-7(11)15-17(13,14)16-8(12)10-6-4-2/h3-4H,1-2,5-6H2,(H,9,11)(H,10,12). The number of hydrogen-bond donors (Lipinski definition) is 2. The van der Waals surface area contributed by atoms with E-state index >= 15 is 0 Å². The van der Waals surface area contributed by atoms with Crippen molar-refractivity contribution >= 4 is 22.6 Å². The number of rotatable bonds is 6. The summed E-state index contributed by atoms with van der Waals surface area (Å²) in [5.41, 5.74) is 0. The second-order valence-corrected chi connectivity index (χ2v) is 3.64. The Hall–Kier alpha value is -2.03. The molecular weight excluding hydrogens is 252 g/mol. The van der Waals surface area contributed by atoms with Crippen LogP contribution in [0.15, 0.2) is 25.3 Å². The molecule has 9 heteroatoms. The van der Waals surface area contributed by atoms with Crippen molar-refractivity contribution in [3.63, 3.8) is 0 Å². The van der Waals surface area contributed by atoms with Crippen LogP contribution in [-0.2, 0) is 18.8 Å². The van der Waals surface area contributed by atoms with Gasteiger partial charge in [0, 0.05) is 13.1 Å². The van der Waals surface area contributed by atoms with Crippen molar-refractivity contribution in [2.45, 2.75) is 0 Å². The zero-order valence-electron chi connectivity index (χ0n) is 8.84. The lowest BCUT2D eigenvalue weighted by Crippen LogP contribution is -2.32. The molecule has 0 aliphatic rings. The molecule has 0 rings (SSSR count). The quantitative estimate of drug-likeness (QED) is 0.656. The van der Waals surface area contributed by atoms with E-state index in [1.807, 2.05) is 10.6 Å². The maximum atomic E-state index is 11.0. The van der Waals surface area contributed by atoms with Gasteiger partial charge in [-0.05, 0) is 0 Å². The molecule has 0 saturated carbocycles. The normalized spacial score (nSPS) is 9.88. The fraction of sp³-hybridized carbons (Fsp3) is 0.250. The first-order valence-corrected chi connectivity index (χ1v) is 5.66. The van der Waals surface area contributed by atoms with Crippen LogP contribution in [0.5, 0.6) is 0 Å². The summed E-state index contributed by atoms with van der Waals surface area (Å²) in [6, 6.07) is 0. The highest BCUT2D eigenvalue weighted by molar-refractivity contribution is 7.82. The van der Waals surface area contributed by atoms with E-state index in [1.165, 1.54) is 12.2 Å². The number of carbonyl (C=O) groups excluding carboxylic acids is 2. The van der Waals surface area contributed by atoms with Crippen LogP contribution in [0.25, 0.3) is 0 Å². The van der Waals surface area contributed by atoms with Gasteiger partial charge in [-0.3, -0.25) is 8.37 Å². The SMILES string of the molecule is C=CCNC(=O)OS(=O)(=O)OC(=O)NCC=C. The lowest BCUT2D eigenvalue weighted by Gasteiger charge is -2.05. The van der Waals surface area contributed by atoms with Gasteiger partial charge in [-0.25, -0.2) is 9.59 Å². The van der Waals surface area contributed by atoms with Crippen molar-refractivity contribution in [3.05, 3.63) is 25.3 Å². The van der Waals surface area contributed by atoms with Gasteiger partial charge in [0.1, 0.15) is 0 Å². The van der Waals surface area contributed by atoms with Gasteiger partial charge in [-0.1, -0.05) is 12.2 Å². The molecule has 2 amide bonds. The predicted molar refractivity (Wildman–Crippen MR) is 58.3 cm³/mol. The monoisotopic (exact) mass is 264 g/mol. The predicted octanol–water partition coefficient (Wildman–Crippen LogP) is 0.0556. The highest BCUT2D eigenvalue weighted by Gasteiger charge is 2.22. The Morgan fingerprint density at radius 1 is 1.00 bits per heavy atom. The molecule has 0 aromatic carbocycles. The van der Waals surface area contributed by atoms with Crippen LogP contribution >= 0.6 is 0 Å². The van der Waals surface area contributed by atoms with Gasteiger partial charge in [0.25, 0.3) is 0 Å². The van der Waals surface area contributed by atoms with Crippen LogP contribution in [0.4, 0.5) is 9.59 Å². The van der Waals surface area contributed by atoms with Gasteiger partial charge in [0.15, 0.2) is 0 Å². The van der Waals surface area contributed by atoms with E-state index in [4.69, 9.17) is 0 Å². The maximum Gasteiger partial charge on any atom is 0.508 e. The van der Waals surface area contributed by atoms with Gasteiger partial charge in [-0.2, -0.15) is 0 Å². The summed E-state index contributed by atoms with van der Waals surface area (Å²) in [7, 11) is -4.73. The van der Waals surface area contributed by atoms with Crippen LogP contribution in [0.3, 0.4) is 0 Å². The Balaban J connectivity index is 4.19. The number of nitrogens with one attached hydrogen (secondary N) is 2. The molecule has 0 aromatic heterocycles. The van der Waals surface area contributed by atoms with Crippen LogP contribution in [0, 0.1) is 0 Å². The van der Waals surface area contributed by atoms with Crippen molar-refractivity contribution in [1.82, 2.24) is 10.6 Å². The molecule has 0 spiro atoms. The zero-order valence-corrected chi connectivity index (χ0v) is 9.66. The van der Waals surface area contributed by atoms with E-state index in [-0.39, 0.29) is 13.1 Å².